The van der Waals surface area contributed by atoms with Gasteiger partial charge in [-0.2, -0.15) is 0 Å². The van der Waals surface area contributed by atoms with E-state index in [0.29, 0.717) is 29.4 Å². The molecule has 0 radical (unpaired) electrons. The number of rotatable bonds is 5. The van der Waals surface area contributed by atoms with Gasteiger partial charge in [0.15, 0.2) is 11.5 Å². The molecule has 0 saturated heterocycles. The van der Waals surface area contributed by atoms with Gasteiger partial charge in [-0.25, -0.2) is 13.6 Å². The van der Waals surface area contributed by atoms with Gasteiger partial charge in [0.05, 0.1) is 11.5 Å². The summed E-state index contributed by atoms with van der Waals surface area (Å²) in [5.74, 6) is 1.72. The van der Waals surface area contributed by atoms with Gasteiger partial charge in [0.2, 0.25) is 10.0 Å². The van der Waals surface area contributed by atoms with Gasteiger partial charge in [0.1, 0.15) is 5.75 Å². The molecule has 0 spiro atoms. The molecule has 0 aromatic heterocycles. The Morgan fingerprint density at radius 2 is 1.76 bits per heavy atom. The zero-order valence-corrected chi connectivity index (χ0v) is 12.7. The maximum Gasteiger partial charge on any atom is 0.238 e. The van der Waals surface area contributed by atoms with Crippen LogP contribution in [0.4, 0.5) is 0 Å². The van der Waals surface area contributed by atoms with Crippen molar-refractivity contribution in [2.75, 3.05) is 6.61 Å². The van der Waals surface area contributed by atoms with Crippen LogP contribution >= 0.6 is 0 Å². The Morgan fingerprint density at radius 1 is 1.10 bits per heavy atom. The first-order valence-electron chi connectivity index (χ1n) is 6.45. The smallest absolute Gasteiger partial charge is 0.238 e. The summed E-state index contributed by atoms with van der Waals surface area (Å²) in [5, 5.41) is 5.14. The molecule has 2 N–H and O–H groups in total. The van der Waals surface area contributed by atoms with Gasteiger partial charge in [0.25, 0.3) is 0 Å². The minimum absolute atomic E-state index is 0.0907. The summed E-state index contributed by atoms with van der Waals surface area (Å²) < 4.78 is 34.0. The molecule has 0 aliphatic carbocycles. The molecule has 0 unspecified atom stereocenters. The molecule has 0 bridgehead atoms. The van der Waals surface area contributed by atoms with Gasteiger partial charge >= 0.3 is 0 Å². The van der Waals surface area contributed by atoms with Crippen molar-refractivity contribution in [3.63, 3.8) is 0 Å². The van der Waals surface area contributed by atoms with Gasteiger partial charge in [-0.15, -0.1) is 0 Å². The summed E-state index contributed by atoms with van der Waals surface area (Å²) in [7, 11) is -3.72. The average molecular weight is 307 g/mol. The molecule has 112 valence electrons. The summed E-state index contributed by atoms with van der Waals surface area (Å²) in [5.41, 5.74) is 0.531. The molecule has 2 aromatic carbocycles. The Bertz CT molecular complexity index is 741. The summed E-state index contributed by atoms with van der Waals surface area (Å²) in [6.45, 7) is 4.09. The molecular weight excluding hydrogens is 290 g/mol. The molecule has 0 aliphatic heterocycles. The zero-order valence-electron chi connectivity index (χ0n) is 11.9. The van der Waals surface area contributed by atoms with Crippen molar-refractivity contribution in [2.24, 2.45) is 5.14 Å². The van der Waals surface area contributed by atoms with Crippen LogP contribution < -0.4 is 14.6 Å². The fraction of sp³-hybridized carbons (Fsp3) is 0.200. The van der Waals surface area contributed by atoms with Gasteiger partial charge in [0, 0.05) is 0 Å². The lowest BCUT2D eigenvalue weighted by atomic mass is 10.2. The standard InChI is InChI=1S/C15H17NO4S/c1-3-19-13-6-4-5-7-14(13)20-12-8-9-15(11(2)10-12)21(16,17)18/h4-10H,3H2,1-2H3,(H2,16,17,18). The second-order valence-electron chi connectivity index (χ2n) is 4.45. The van der Waals surface area contributed by atoms with Crippen molar-refractivity contribution in [1.29, 1.82) is 0 Å². The van der Waals surface area contributed by atoms with Crippen molar-refractivity contribution in [2.45, 2.75) is 18.7 Å². The Labute approximate surface area is 124 Å². The first-order valence-corrected chi connectivity index (χ1v) is 7.99. The van der Waals surface area contributed by atoms with E-state index in [0.717, 1.165) is 0 Å². The summed E-state index contributed by atoms with van der Waals surface area (Å²) in [6, 6.07) is 11.9. The highest BCUT2D eigenvalue weighted by Crippen LogP contribution is 2.32. The van der Waals surface area contributed by atoms with E-state index in [1.54, 1.807) is 25.1 Å². The van der Waals surface area contributed by atoms with Gasteiger partial charge in [-0.1, -0.05) is 12.1 Å². The monoisotopic (exact) mass is 307 g/mol. The number of aryl methyl sites for hydroxylation is 1. The quantitative estimate of drug-likeness (QED) is 0.921. The maximum absolute atomic E-state index is 11.4. The van der Waals surface area contributed by atoms with E-state index in [9.17, 15) is 8.42 Å². The van der Waals surface area contributed by atoms with Gasteiger partial charge in [-0.05, 0) is 49.7 Å². The summed E-state index contributed by atoms with van der Waals surface area (Å²) in [6.07, 6.45) is 0. The summed E-state index contributed by atoms with van der Waals surface area (Å²) in [4.78, 5) is 0.0907. The molecular formula is C15H17NO4S. The third-order valence-electron chi connectivity index (χ3n) is 2.83. The lowest BCUT2D eigenvalue weighted by Crippen LogP contribution is -2.13. The van der Waals surface area contributed by atoms with Crippen molar-refractivity contribution in [1.82, 2.24) is 0 Å². The first-order chi connectivity index (χ1) is 9.91. The molecule has 0 heterocycles. The molecule has 0 fully saturated rings. The predicted molar refractivity (Wildman–Crippen MR) is 80.2 cm³/mol. The highest BCUT2D eigenvalue weighted by molar-refractivity contribution is 7.89. The Morgan fingerprint density at radius 3 is 2.33 bits per heavy atom. The topological polar surface area (TPSA) is 78.6 Å². The highest BCUT2D eigenvalue weighted by atomic mass is 32.2. The molecule has 5 nitrogen and oxygen atoms in total. The van der Waals surface area contributed by atoms with Crippen LogP contribution in [0.15, 0.2) is 47.4 Å². The second kappa shape index (κ2) is 6.15. The normalized spacial score (nSPS) is 11.2. The van der Waals surface area contributed by atoms with Crippen molar-refractivity contribution < 1.29 is 17.9 Å². The third-order valence-corrected chi connectivity index (χ3v) is 3.90. The fourth-order valence-electron chi connectivity index (χ4n) is 1.94. The largest absolute Gasteiger partial charge is 0.490 e. The Hall–Kier alpha value is -2.05. The van der Waals surface area contributed by atoms with Gasteiger partial charge < -0.3 is 9.47 Å². The number of benzene rings is 2. The van der Waals surface area contributed by atoms with Crippen LogP contribution in [0.2, 0.25) is 0 Å². The lowest BCUT2D eigenvalue weighted by Gasteiger charge is -2.12. The molecule has 2 rings (SSSR count). The lowest BCUT2D eigenvalue weighted by molar-refractivity contribution is 0.321. The van der Waals surface area contributed by atoms with Crippen LogP contribution in [0.25, 0.3) is 0 Å². The van der Waals surface area contributed by atoms with E-state index >= 15 is 0 Å². The van der Waals surface area contributed by atoms with E-state index in [1.165, 1.54) is 6.07 Å². The minimum Gasteiger partial charge on any atom is -0.490 e. The van der Waals surface area contributed by atoms with E-state index in [4.69, 9.17) is 14.6 Å². The Balaban J connectivity index is 2.31. The number of para-hydroxylation sites is 2. The number of nitrogens with two attached hydrogens (primary N) is 1. The van der Waals surface area contributed by atoms with Gasteiger partial charge in [-0.3, -0.25) is 0 Å². The third kappa shape index (κ3) is 3.74. The molecule has 2 aromatic rings. The summed E-state index contributed by atoms with van der Waals surface area (Å²) >= 11 is 0. The molecule has 0 amide bonds. The molecule has 0 atom stereocenters. The fourth-order valence-corrected chi connectivity index (χ4v) is 2.71. The Kier molecular flexibility index (Phi) is 4.50. The van der Waals surface area contributed by atoms with Crippen molar-refractivity contribution in [3.05, 3.63) is 48.0 Å². The first kappa shape index (κ1) is 15.3. The number of primary sulfonamides is 1. The van der Waals surface area contributed by atoms with Crippen LogP contribution in [0, 0.1) is 6.92 Å². The van der Waals surface area contributed by atoms with Crippen LogP contribution in [-0.4, -0.2) is 15.0 Å². The van der Waals surface area contributed by atoms with Crippen LogP contribution in [0.1, 0.15) is 12.5 Å². The van der Waals surface area contributed by atoms with Crippen molar-refractivity contribution in [3.8, 4) is 17.2 Å². The average Bonchev–Trinajstić information content (AvgIpc) is 2.40. The van der Waals surface area contributed by atoms with E-state index in [1.807, 2.05) is 25.1 Å². The van der Waals surface area contributed by atoms with Crippen LogP contribution in [0.5, 0.6) is 17.2 Å². The SMILES string of the molecule is CCOc1ccccc1Oc1ccc(S(N)(=O)=O)c(C)c1. The maximum atomic E-state index is 11.4. The van der Waals surface area contributed by atoms with Crippen LogP contribution in [-0.2, 0) is 10.0 Å². The predicted octanol–water partition coefficient (Wildman–Crippen LogP) is 2.83. The van der Waals surface area contributed by atoms with E-state index < -0.39 is 10.0 Å². The highest BCUT2D eigenvalue weighted by Gasteiger charge is 2.13. The minimum atomic E-state index is -3.72. The van der Waals surface area contributed by atoms with E-state index in [-0.39, 0.29) is 4.90 Å². The molecule has 6 heteroatoms. The number of ether oxygens (including phenoxy) is 2. The van der Waals surface area contributed by atoms with Crippen molar-refractivity contribution >= 4 is 10.0 Å². The molecule has 0 aliphatic rings. The van der Waals surface area contributed by atoms with E-state index in [2.05, 4.69) is 0 Å². The van der Waals surface area contributed by atoms with Crippen LogP contribution in [0.3, 0.4) is 0 Å². The number of hydrogen-bond acceptors (Lipinski definition) is 4. The number of hydrogen-bond donors (Lipinski definition) is 1. The number of sulfonamides is 1. The second-order valence-corrected chi connectivity index (χ2v) is 5.98. The molecule has 21 heavy (non-hydrogen) atoms. The molecule has 0 saturated carbocycles. The zero-order chi connectivity index (χ0) is 15.5.